The monoisotopic (exact) mass is 566 g/mol. The lowest BCUT2D eigenvalue weighted by atomic mass is 10.0. The summed E-state index contributed by atoms with van der Waals surface area (Å²) in [4.78, 5) is 28.8. The van der Waals surface area contributed by atoms with E-state index in [1.165, 1.54) is 18.3 Å². The average molecular weight is 567 g/mol. The van der Waals surface area contributed by atoms with Crippen LogP contribution in [0.3, 0.4) is 0 Å². The Morgan fingerprint density at radius 1 is 1.18 bits per heavy atom. The summed E-state index contributed by atoms with van der Waals surface area (Å²) < 4.78 is 56.4. The largest absolute Gasteiger partial charge is 0.477 e. The van der Waals surface area contributed by atoms with Gasteiger partial charge in [-0.3, -0.25) is 14.5 Å². The number of nitrogens with one attached hydrogen (secondary N) is 2. The van der Waals surface area contributed by atoms with Crippen LogP contribution in [0.4, 0.5) is 14.5 Å². The molecule has 0 saturated carbocycles. The van der Waals surface area contributed by atoms with E-state index in [2.05, 4.69) is 25.2 Å². The van der Waals surface area contributed by atoms with E-state index >= 15 is 0 Å². The van der Waals surface area contributed by atoms with Crippen molar-refractivity contribution in [1.82, 2.24) is 25.2 Å². The highest BCUT2D eigenvalue weighted by Gasteiger charge is 2.26. The van der Waals surface area contributed by atoms with Gasteiger partial charge in [-0.2, -0.15) is 8.78 Å². The Labute approximate surface area is 223 Å². The van der Waals surface area contributed by atoms with Crippen LogP contribution in [0.5, 0.6) is 5.88 Å². The molecule has 1 saturated heterocycles. The zero-order chi connectivity index (χ0) is 27.1. The molecule has 204 valence electrons. The van der Waals surface area contributed by atoms with E-state index in [1.54, 1.807) is 24.5 Å². The van der Waals surface area contributed by atoms with E-state index in [1.807, 2.05) is 11.6 Å². The SMILES string of the molecule is CCOc1cncc(-c2cnc(C(=O)N[C@@H](CN3CCCCC3)c3cccc(NS(=O)(=O)C(F)F)c3)s2)n1. The van der Waals surface area contributed by atoms with Crippen molar-refractivity contribution < 1.29 is 26.7 Å². The molecule has 2 N–H and O–H groups in total. The third-order valence-electron chi connectivity index (χ3n) is 5.84. The second kappa shape index (κ2) is 12.5. The van der Waals surface area contributed by atoms with Gasteiger partial charge in [0.2, 0.25) is 5.88 Å². The number of sulfonamides is 1. The van der Waals surface area contributed by atoms with E-state index in [4.69, 9.17) is 4.74 Å². The Morgan fingerprint density at radius 2 is 1.97 bits per heavy atom. The summed E-state index contributed by atoms with van der Waals surface area (Å²) in [5.41, 5.74) is 1.09. The quantitative estimate of drug-likeness (QED) is 0.358. The number of aromatic nitrogens is 3. The topological polar surface area (TPSA) is 126 Å². The number of rotatable bonds is 11. The van der Waals surface area contributed by atoms with Crippen LogP contribution in [0.2, 0.25) is 0 Å². The van der Waals surface area contributed by atoms with Crippen LogP contribution in [-0.2, 0) is 10.0 Å². The van der Waals surface area contributed by atoms with Gasteiger partial charge in [-0.1, -0.05) is 18.6 Å². The van der Waals surface area contributed by atoms with Crippen molar-refractivity contribution in [3.8, 4) is 16.5 Å². The second-order valence-corrected chi connectivity index (χ2v) is 11.3. The number of ether oxygens (including phenoxy) is 1. The van der Waals surface area contributed by atoms with Gasteiger partial charge >= 0.3 is 5.76 Å². The first-order chi connectivity index (χ1) is 18.2. The predicted molar refractivity (Wildman–Crippen MR) is 140 cm³/mol. The fraction of sp³-hybridized carbons (Fsp3) is 0.417. The molecule has 38 heavy (non-hydrogen) atoms. The van der Waals surface area contributed by atoms with E-state index in [0.717, 1.165) is 43.7 Å². The summed E-state index contributed by atoms with van der Waals surface area (Å²) in [6, 6.07) is 5.58. The van der Waals surface area contributed by atoms with Crippen molar-refractivity contribution in [2.24, 2.45) is 0 Å². The maximum absolute atomic E-state index is 13.2. The zero-order valence-electron chi connectivity index (χ0n) is 20.6. The van der Waals surface area contributed by atoms with Crippen molar-refractivity contribution >= 4 is 33.0 Å². The van der Waals surface area contributed by atoms with Gasteiger partial charge in [-0.15, -0.1) is 11.3 Å². The molecule has 1 atom stereocenters. The van der Waals surface area contributed by atoms with Crippen LogP contribution in [0.1, 0.15) is 47.6 Å². The van der Waals surface area contributed by atoms with Gasteiger partial charge in [0.1, 0.15) is 5.69 Å². The Balaban J connectivity index is 1.55. The molecule has 0 radical (unpaired) electrons. The minimum absolute atomic E-state index is 0.00928. The number of carbonyl (C=O) groups excluding carboxylic acids is 1. The highest BCUT2D eigenvalue weighted by Crippen LogP contribution is 2.27. The van der Waals surface area contributed by atoms with Gasteiger partial charge in [-0.05, 0) is 50.6 Å². The molecule has 3 aromatic rings. The summed E-state index contributed by atoms with van der Waals surface area (Å²) in [6.45, 7) is 4.47. The van der Waals surface area contributed by atoms with Gasteiger partial charge in [0, 0.05) is 18.4 Å². The van der Waals surface area contributed by atoms with Crippen LogP contribution < -0.4 is 14.8 Å². The molecule has 0 unspecified atom stereocenters. The first kappa shape index (κ1) is 27.8. The number of nitrogens with zero attached hydrogens (tertiary/aromatic N) is 4. The molecule has 1 aromatic carbocycles. The minimum atomic E-state index is -4.83. The Bertz CT molecular complexity index is 1350. The summed E-state index contributed by atoms with van der Waals surface area (Å²) >= 11 is 1.15. The number of anilines is 1. The number of piperidine rings is 1. The fourth-order valence-corrected chi connectivity index (χ4v) is 5.38. The van der Waals surface area contributed by atoms with Gasteiger partial charge in [0.05, 0.1) is 29.9 Å². The molecule has 0 aliphatic carbocycles. The number of hydrogen-bond acceptors (Lipinski definition) is 9. The van der Waals surface area contributed by atoms with Crippen LogP contribution in [-0.4, -0.2) is 66.2 Å². The average Bonchev–Trinajstić information content (AvgIpc) is 3.40. The molecule has 3 heterocycles. The molecule has 0 bridgehead atoms. The molecule has 0 spiro atoms. The van der Waals surface area contributed by atoms with Gasteiger partial charge in [0.25, 0.3) is 15.9 Å². The maximum atomic E-state index is 13.2. The Kier molecular flexibility index (Phi) is 9.17. The van der Waals surface area contributed by atoms with Crippen molar-refractivity contribution in [1.29, 1.82) is 0 Å². The highest BCUT2D eigenvalue weighted by molar-refractivity contribution is 7.93. The number of carbonyl (C=O) groups is 1. The number of likely N-dealkylation sites (tertiary alicyclic amines) is 1. The van der Waals surface area contributed by atoms with Crippen LogP contribution in [0, 0.1) is 0 Å². The third kappa shape index (κ3) is 7.20. The van der Waals surface area contributed by atoms with E-state index in [0.29, 0.717) is 35.2 Å². The van der Waals surface area contributed by atoms with Crippen LogP contribution in [0.25, 0.3) is 10.6 Å². The Hall–Kier alpha value is -3.23. The number of benzene rings is 1. The van der Waals surface area contributed by atoms with Gasteiger partial charge in [0.15, 0.2) is 5.01 Å². The predicted octanol–water partition coefficient (Wildman–Crippen LogP) is 3.92. The molecule has 2 aromatic heterocycles. The minimum Gasteiger partial charge on any atom is -0.477 e. The van der Waals surface area contributed by atoms with E-state index < -0.39 is 27.7 Å². The summed E-state index contributed by atoms with van der Waals surface area (Å²) in [5.74, 6) is -3.61. The fourth-order valence-electron chi connectivity index (χ4n) is 4.06. The normalized spacial score (nSPS) is 15.3. The summed E-state index contributed by atoms with van der Waals surface area (Å²) in [6.07, 6.45) is 7.80. The van der Waals surface area contributed by atoms with E-state index in [-0.39, 0.29) is 10.7 Å². The summed E-state index contributed by atoms with van der Waals surface area (Å²) in [7, 11) is -4.83. The molecule has 4 rings (SSSR count). The van der Waals surface area contributed by atoms with Crippen molar-refractivity contribution in [3.63, 3.8) is 0 Å². The number of halogens is 2. The number of thiazole rings is 1. The van der Waals surface area contributed by atoms with E-state index in [9.17, 15) is 22.0 Å². The lowest BCUT2D eigenvalue weighted by molar-refractivity contribution is 0.0919. The Morgan fingerprint density at radius 3 is 2.71 bits per heavy atom. The molecular weight excluding hydrogens is 538 g/mol. The lowest BCUT2D eigenvalue weighted by Gasteiger charge is -2.31. The van der Waals surface area contributed by atoms with Crippen molar-refractivity contribution in [3.05, 3.63) is 53.4 Å². The smallest absolute Gasteiger partial charge is 0.355 e. The van der Waals surface area contributed by atoms with Gasteiger partial charge in [-0.25, -0.2) is 18.4 Å². The highest BCUT2D eigenvalue weighted by atomic mass is 32.2. The molecule has 1 aliphatic heterocycles. The maximum Gasteiger partial charge on any atom is 0.355 e. The first-order valence-corrected chi connectivity index (χ1v) is 14.5. The molecule has 1 amide bonds. The zero-order valence-corrected chi connectivity index (χ0v) is 22.3. The van der Waals surface area contributed by atoms with Crippen molar-refractivity contribution in [2.75, 3.05) is 31.0 Å². The molecule has 10 nitrogen and oxygen atoms in total. The lowest BCUT2D eigenvalue weighted by Crippen LogP contribution is -2.40. The standard InChI is InChI=1S/C24H28F2N6O4S2/c1-2-36-21-14-27-12-18(29-21)20-13-28-23(37-20)22(33)30-19(15-32-9-4-3-5-10-32)16-7-6-8-17(11-16)31-38(34,35)24(25)26/h6-8,11-14,19,24,31H,2-5,9-10,15H2,1H3,(H,30,33)/t19-/m0/s1. The summed E-state index contributed by atoms with van der Waals surface area (Å²) in [5, 5.41) is 3.20. The number of hydrogen-bond donors (Lipinski definition) is 2. The molecule has 1 fully saturated rings. The van der Waals surface area contributed by atoms with Crippen LogP contribution >= 0.6 is 11.3 Å². The molecular formula is C24H28F2N6O4S2. The van der Waals surface area contributed by atoms with Crippen molar-refractivity contribution in [2.45, 2.75) is 38.0 Å². The number of amides is 1. The second-order valence-electron chi connectivity index (χ2n) is 8.63. The van der Waals surface area contributed by atoms with Gasteiger partial charge < -0.3 is 15.0 Å². The molecule has 1 aliphatic rings. The third-order valence-corrected chi connectivity index (χ3v) is 7.84. The molecule has 14 heteroatoms. The van der Waals surface area contributed by atoms with Crippen LogP contribution in [0.15, 0.2) is 42.9 Å². The number of alkyl halides is 2. The first-order valence-electron chi connectivity index (χ1n) is 12.1.